The molecule has 2 aliphatic heterocycles. The second-order valence-corrected chi connectivity index (χ2v) is 8.57. The van der Waals surface area contributed by atoms with Crippen LogP contribution in [0.2, 0.25) is 0 Å². The molecule has 1 aromatic heterocycles. The molecule has 0 spiro atoms. The Kier molecular flexibility index (Phi) is 7.50. The Morgan fingerprint density at radius 1 is 0.969 bits per heavy atom. The zero-order valence-corrected chi connectivity index (χ0v) is 18.9. The van der Waals surface area contributed by atoms with Crippen molar-refractivity contribution in [1.82, 2.24) is 14.8 Å². The van der Waals surface area contributed by atoms with Gasteiger partial charge in [0.25, 0.3) is 5.91 Å². The van der Waals surface area contributed by atoms with Crippen molar-refractivity contribution in [2.45, 2.75) is 39.0 Å². The van der Waals surface area contributed by atoms with Gasteiger partial charge in [-0.1, -0.05) is 25.5 Å². The third kappa shape index (κ3) is 5.16. The number of hydrogen-bond donors (Lipinski definition) is 1. The van der Waals surface area contributed by atoms with E-state index in [-0.39, 0.29) is 11.8 Å². The van der Waals surface area contributed by atoms with E-state index < -0.39 is 0 Å². The normalized spacial score (nSPS) is 16.8. The maximum atomic E-state index is 13.3. The highest BCUT2D eigenvalue weighted by molar-refractivity contribution is 6.17. The first-order chi connectivity index (χ1) is 15.7. The Morgan fingerprint density at radius 2 is 1.72 bits per heavy atom. The number of carbonyl (C=O) groups is 2. The van der Waals surface area contributed by atoms with Crippen molar-refractivity contribution >= 4 is 29.0 Å². The molecule has 0 radical (unpaired) electrons. The average molecular weight is 436 g/mol. The Balaban J connectivity index is 1.33. The van der Waals surface area contributed by atoms with Crippen molar-refractivity contribution in [2.24, 2.45) is 0 Å². The van der Waals surface area contributed by atoms with Gasteiger partial charge in [0.05, 0.1) is 16.9 Å². The third-order valence-corrected chi connectivity index (χ3v) is 6.26. The van der Waals surface area contributed by atoms with E-state index in [1.54, 1.807) is 29.3 Å². The molecule has 1 saturated heterocycles. The molecule has 1 fully saturated rings. The SMILES string of the molecule is CCCN1CCN(CCCCCC(=O)N2c3ccccc3C(=O)Nc3cccnc32)CC1. The van der Waals surface area contributed by atoms with Crippen LogP contribution in [0.15, 0.2) is 42.6 Å². The zero-order chi connectivity index (χ0) is 22.3. The fraction of sp³-hybridized carbons (Fsp3) is 0.480. The highest BCUT2D eigenvalue weighted by Gasteiger charge is 2.29. The van der Waals surface area contributed by atoms with Gasteiger partial charge in [-0.15, -0.1) is 0 Å². The molecular weight excluding hydrogens is 402 g/mol. The minimum absolute atomic E-state index is 0.0259. The van der Waals surface area contributed by atoms with Gasteiger partial charge in [-0.2, -0.15) is 0 Å². The molecule has 0 atom stereocenters. The Hall–Kier alpha value is -2.77. The molecule has 2 aliphatic rings. The van der Waals surface area contributed by atoms with E-state index in [1.165, 1.54) is 26.1 Å². The lowest BCUT2D eigenvalue weighted by Crippen LogP contribution is -2.46. The standard InChI is InChI=1S/C25H33N5O2/c1-2-14-28-16-18-29(19-17-28)15-7-3-4-12-23(31)30-22-11-6-5-9-20(22)25(32)27-21-10-8-13-26-24(21)30/h5-6,8-11,13H,2-4,7,12,14-19H2,1H3,(H,27,32). The maximum Gasteiger partial charge on any atom is 0.257 e. The van der Waals surface area contributed by atoms with Gasteiger partial charge in [0.1, 0.15) is 0 Å². The molecule has 1 aromatic carbocycles. The van der Waals surface area contributed by atoms with Gasteiger partial charge in [-0.25, -0.2) is 4.98 Å². The summed E-state index contributed by atoms with van der Waals surface area (Å²) in [6.07, 6.45) is 6.26. The van der Waals surface area contributed by atoms with Gasteiger partial charge in [0.15, 0.2) is 5.82 Å². The van der Waals surface area contributed by atoms with Crippen LogP contribution in [0.5, 0.6) is 0 Å². The van der Waals surface area contributed by atoms with E-state index in [0.29, 0.717) is 29.2 Å². The number of para-hydroxylation sites is 1. The number of pyridine rings is 1. The highest BCUT2D eigenvalue weighted by Crippen LogP contribution is 2.36. The van der Waals surface area contributed by atoms with Crippen LogP contribution in [0.3, 0.4) is 0 Å². The van der Waals surface area contributed by atoms with E-state index in [1.807, 2.05) is 18.2 Å². The monoisotopic (exact) mass is 435 g/mol. The van der Waals surface area contributed by atoms with Crippen LogP contribution in [0.1, 0.15) is 49.4 Å². The number of rotatable bonds is 8. The fourth-order valence-corrected chi connectivity index (χ4v) is 4.54. The predicted octanol–water partition coefficient (Wildman–Crippen LogP) is 3.90. The summed E-state index contributed by atoms with van der Waals surface area (Å²) in [5.74, 6) is 0.243. The summed E-state index contributed by atoms with van der Waals surface area (Å²) in [6, 6.07) is 10.8. The summed E-state index contributed by atoms with van der Waals surface area (Å²) in [5, 5.41) is 2.88. The van der Waals surface area contributed by atoms with Crippen LogP contribution >= 0.6 is 0 Å². The summed E-state index contributed by atoms with van der Waals surface area (Å²) in [5.41, 5.74) is 1.64. The lowest BCUT2D eigenvalue weighted by Gasteiger charge is -2.34. The van der Waals surface area contributed by atoms with E-state index in [4.69, 9.17) is 0 Å². The van der Waals surface area contributed by atoms with Crippen molar-refractivity contribution in [2.75, 3.05) is 49.5 Å². The van der Waals surface area contributed by atoms with Crippen LogP contribution < -0.4 is 10.2 Å². The number of amides is 2. The predicted molar refractivity (Wildman–Crippen MR) is 127 cm³/mol. The second-order valence-electron chi connectivity index (χ2n) is 8.57. The average Bonchev–Trinajstić information content (AvgIpc) is 2.94. The lowest BCUT2D eigenvalue weighted by molar-refractivity contribution is -0.118. The summed E-state index contributed by atoms with van der Waals surface area (Å²) >= 11 is 0. The van der Waals surface area contributed by atoms with Crippen molar-refractivity contribution in [3.8, 4) is 0 Å². The Labute approximate surface area is 190 Å². The van der Waals surface area contributed by atoms with Crippen molar-refractivity contribution in [1.29, 1.82) is 0 Å². The van der Waals surface area contributed by atoms with Gasteiger partial charge >= 0.3 is 0 Å². The van der Waals surface area contributed by atoms with Crippen molar-refractivity contribution < 1.29 is 9.59 Å². The molecule has 2 aromatic rings. The third-order valence-electron chi connectivity index (χ3n) is 6.26. The smallest absolute Gasteiger partial charge is 0.257 e. The number of fused-ring (bicyclic) bond motifs is 2. The van der Waals surface area contributed by atoms with Crippen LogP contribution in [0.25, 0.3) is 0 Å². The second kappa shape index (κ2) is 10.7. The quantitative estimate of drug-likeness (QED) is 0.637. The molecule has 0 saturated carbocycles. The number of benzene rings is 1. The van der Waals surface area contributed by atoms with Gasteiger partial charge in [0, 0.05) is 38.8 Å². The molecule has 7 nitrogen and oxygen atoms in total. The van der Waals surface area contributed by atoms with Gasteiger partial charge in [0.2, 0.25) is 5.91 Å². The van der Waals surface area contributed by atoms with E-state index in [0.717, 1.165) is 38.9 Å². The molecule has 4 rings (SSSR count). The van der Waals surface area contributed by atoms with Crippen molar-refractivity contribution in [3.63, 3.8) is 0 Å². The number of anilines is 3. The number of nitrogens with one attached hydrogen (secondary N) is 1. The van der Waals surface area contributed by atoms with Crippen LogP contribution in [-0.4, -0.2) is 65.9 Å². The van der Waals surface area contributed by atoms with Gasteiger partial charge < -0.3 is 15.1 Å². The van der Waals surface area contributed by atoms with E-state index in [9.17, 15) is 9.59 Å². The highest BCUT2D eigenvalue weighted by atomic mass is 16.2. The molecule has 7 heteroatoms. The Morgan fingerprint density at radius 3 is 2.50 bits per heavy atom. The van der Waals surface area contributed by atoms with E-state index >= 15 is 0 Å². The number of hydrogen-bond acceptors (Lipinski definition) is 5. The number of unbranched alkanes of at least 4 members (excludes halogenated alkanes) is 2. The molecule has 0 aliphatic carbocycles. The fourth-order valence-electron chi connectivity index (χ4n) is 4.54. The summed E-state index contributed by atoms with van der Waals surface area (Å²) in [6.45, 7) is 9.17. The number of nitrogens with zero attached hydrogens (tertiary/aromatic N) is 4. The summed E-state index contributed by atoms with van der Waals surface area (Å²) < 4.78 is 0. The molecular formula is C25H33N5O2. The largest absolute Gasteiger partial charge is 0.319 e. The zero-order valence-electron chi connectivity index (χ0n) is 18.9. The topological polar surface area (TPSA) is 68.8 Å². The number of piperazine rings is 1. The first kappa shape index (κ1) is 22.4. The molecule has 3 heterocycles. The summed E-state index contributed by atoms with van der Waals surface area (Å²) in [7, 11) is 0. The van der Waals surface area contributed by atoms with E-state index in [2.05, 4.69) is 27.0 Å². The molecule has 2 amide bonds. The molecule has 32 heavy (non-hydrogen) atoms. The molecule has 170 valence electrons. The van der Waals surface area contributed by atoms with Crippen molar-refractivity contribution in [3.05, 3.63) is 48.2 Å². The lowest BCUT2D eigenvalue weighted by atomic mass is 10.1. The minimum Gasteiger partial charge on any atom is -0.319 e. The minimum atomic E-state index is -0.218. The van der Waals surface area contributed by atoms with Gasteiger partial charge in [-0.3, -0.25) is 14.5 Å². The van der Waals surface area contributed by atoms with Gasteiger partial charge in [-0.05, 0) is 56.6 Å². The number of aromatic nitrogens is 1. The summed E-state index contributed by atoms with van der Waals surface area (Å²) in [4.78, 5) is 37.0. The molecule has 1 N–H and O–H groups in total. The van der Waals surface area contributed by atoms with Crippen LogP contribution in [-0.2, 0) is 4.79 Å². The maximum absolute atomic E-state index is 13.3. The van der Waals surface area contributed by atoms with Crippen LogP contribution in [0, 0.1) is 0 Å². The number of carbonyl (C=O) groups excluding carboxylic acids is 2. The first-order valence-corrected chi connectivity index (χ1v) is 11.8. The first-order valence-electron chi connectivity index (χ1n) is 11.8. The molecule has 0 unspecified atom stereocenters. The molecule has 0 bridgehead atoms. The van der Waals surface area contributed by atoms with Crippen LogP contribution in [0.4, 0.5) is 17.2 Å². The Bertz CT molecular complexity index is 939.